The summed E-state index contributed by atoms with van der Waals surface area (Å²) in [6.07, 6.45) is 3.08. The molecule has 0 saturated heterocycles. The molecule has 0 fully saturated rings. The van der Waals surface area contributed by atoms with Crippen LogP contribution < -0.4 is 11.5 Å². The number of rotatable bonds is 5. The number of nitrogens with two attached hydrogens (primary N) is 2. The molecule has 1 aromatic carbocycles. The number of anilines is 2. The summed E-state index contributed by atoms with van der Waals surface area (Å²) in [7, 11) is 0. The van der Waals surface area contributed by atoms with Gasteiger partial charge >= 0.3 is 0 Å². The summed E-state index contributed by atoms with van der Waals surface area (Å²) in [6, 6.07) is 2.18. The van der Waals surface area contributed by atoms with E-state index in [-0.39, 0.29) is 0 Å². The zero-order chi connectivity index (χ0) is 13.9. The fourth-order valence-electron chi connectivity index (χ4n) is 2.80. The third-order valence-electron chi connectivity index (χ3n) is 3.70. The summed E-state index contributed by atoms with van der Waals surface area (Å²) in [5.74, 6) is 1.09. The second kappa shape index (κ2) is 6.12. The van der Waals surface area contributed by atoms with Gasteiger partial charge in [0, 0.05) is 16.9 Å². The smallest absolute Gasteiger partial charge is 0.0402 e. The average molecular weight is 248 g/mol. The number of hydrogen-bond acceptors (Lipinski definition) is 2. The maximum absolute atomic E-state index is 6.31. The second-order valence-corrected chi connectivity index (χ2v) is 5.67. The molecule has 0 radical (unpaired) electrons. The molecule has 1 unspecified atom stereocenters. The van der Waals surface area contributed by atoms with E-state index in [1.165, 1.54) is 16.7 Å². The van der Waals surface area contributed by atoms with Crippen LogP contribution in [0.1, 0.15) is 63.6 Å². The molecule has 0 aromatic heterocycles. The summed E-state index contributed by atoms with van der Waals surface area (Å²) < 4.78 is 0. The Morgan fingerprint density at radius 1 is 0.944 bits per heavy atom. The fraction of sp³-hybridized carbons (Fsp3) is 0.625. The van der Waals surface area contributed by atoms with Gasteiger partial charge in [0.1, 0.15) is 0 Å². The van der Waals surface area contributed by atoms with Gasteiger partial charge in [-0.15, -0.1) is 0 Å². The highest BCUT2D eigenvalue weighted by molar-refractivity contribution is 5.70. The highest BCUT2D eigenvalue weighted by atomic mass is 14.6. The molecule has 0 bridgehead atoms. The van der Waals surface area contributed by atoms with Gasteiger partial charge in [0.2, 0.25) is 0 Å². The fourth-order valence-corrected chi connectivity index (χ4v) is 2.80. The van der Waals surface area contributed by atoms with Crippen LogP contribution in [0.4, 0.5) is 11.4 Å². The van der Waals surface area contributed by atoms with Crippen molar-refractivity contribution in [2.24, 2.45) is 5.92 Å². The molecule has 0 spiro atoms. The summed E-state index contributed by atoms with van der Waals surface area (Å²) in [4.78, 5) is 0. The van der Waals surface area contributed by atoms with E-state index in [0.717, 1.165) is 30.6 Å². The van der Waals surface area contributed by atoms with Crippen LogP contribution >= 0.6 is 0 Å². The maximum Gasteiger partial charge on any atom is 0.0402 e. The van der Waals surface area contributed by atoms with Crippen LogP contribution in [0.3, 0.4) is 0 Å². The number of aryl methyl sites for hydroxylation is 2. The molecule has 0 amide bonds. The molecule has 2 nitrogen and oxygen atoms in total. The third kappa shape index (κ3) is 2.98. The van der Waals surface area contributed by atoms with Gasteiger partial charge in [-0.3, -0.25) is 0 Å². The minimum Gasteiger partial charge on any atom is -0.398 e. The Hall–Kier alpha value is -1.18. The SMILES string of the molecule is CCc1cc(CC)c(N)c(C(C)CC(C)C)c1N. The first-order valence-corrected chi connectivity index (χ1v) is 7.11. The van der Waals surface area contributed by atoms with Crippen molar-refractivity contribution in [2.45, 2.75) is 59.8 Å². The predicted octanol–water partition coefficient (Wildman–Crippen LogP) is 4.13. The molecule has 18 heavy (non-hydrogen) atoms. The standard InChI is InChI=1S/C16H28N2/c1-6-12-9-13(7-2)16(18)14(15(12)17)11(5)8-10(3)4/h9-11H,6-8,17-18H2,1-5H3. The topological polar surface area (TPSA) is 52.0 Å². The van der Waals surface area contributed by atoms with Gasteiger partial charge < -0.3 is 11.5 Å². The lowest BCUT2D eigenvalue weighted by atomic mass is 9.86. The Kier molecular flexibility index (Phi) is 5.06. The third-order valence-corrected chi connectivity index (χ3v) is 3.70. The molecule has 1 aromatic rings. The van der Waals surface area contributed by atoms with Crippen LogP contribution in [-0.4, -0.2) is 0 Å². The van der Waals surface area contributed by atoms with E-state index >= 15 is 0 Å². The molecule has 2 heteroatoms. The van der Waals surface area contributed by atoms with E-state index in [0.29, 0.717) is 11.8 Å². The van der Waals surface area contributed by atoms with E-state index in [1.54, 1.807) is 0 Å². The van der Waals surface area contributed by atoms with Crippen molar-refractivity contribution in [1.29, 1.82) is 0 Å². The van der Waals surface area contributed by atoms with Crippen molar-refractivity contribution in [3.8, 4) is 0 Å². The van der Waals surface area contributed by atoms with Gasteiger partial charge in [-0.2, -0.15) is 0 Å². The highest BCUT2D eigenvalue weighted by Gasteiger charge is 2.18. The Labute approximate surface area is 112 Å². The Balaban J connectivity index is 3.31. The van der Waals surface area contributed by atoms with Gasteiger partial charge in [-0.05, 0) is 42.2 Å². The average Bonchev–Trinajstić information content (AvgIpc) is 2.28. The van der Waals surface area contributed by atoms with Gasteiger partial charge in [0.25, 0.3) is 0 Å². The van der Waals surface area contributed by atoms with Crippen molar-refractivity contribution in [3.63, 3.8) is 0 Å². The lowest BCUT2D eigenvalue weighted by Gasteiger charge is -2.22. The second-order valence-electron chi connectivity index (χ2n) is 5.67. The van der Waals surface area contributed by atoms with Crippen LogP contribution in [0.2, 0.25) is 0 Å². The normalized spacial score (nSPS) is 13.0. The zero-order valence-corrected chi connectivity index (χ0v) is 12.5. The quantitative estimate of drug-likeness (QED) is 0.770. The predicted molar refractivity (Wildman–Crippen MR) is 81.9 cm³/mol. The van der Waals surface area contributed by atoms with Crippen molar-refractivity contribution in [3.05, 3.63) is 22.8 Å². The summed E-state index contributed by atoms with van der Waals surface area (Å²) in [5.41, 5.74) is 18.1. The molecular weight excluding hydrogens is 220 g/mol. The first-order valence-electron chi connectivity index (χ1n) is 7.11. The Morgan fingerprint density at radius 3 is 1.72 bits per heavy atom. The first-order chi connectivity index (χ1) is 8.42. The van der Waals surface area contributed by atoms with E-state index in [4.69, 9.17) is 11.5 Å². The molecule has 1 atom stereocenters. The monoisotopic (exact) mass is 248 g/mol. The van der Waals surface area contributed by atoms with Crippen LogP contribution in [0, 0.1) is 5.92 Å². The largest absolute Gasteiger partial charge is 0.398 e. The summed E-state index contributed by atoms with van der Waals surface area (Å²) in [5, 5.41) is 0. The lowest BCUT2D eigenvalue weighted by molar-refractivity contribution is 0.525. The highest BCUT2D eigenvalue weighted by Crippen LogP contribution is 2.37. The van der Waals surface area contributed by atoms with Crippen molar-refractivity contribution in [1.82, 2.24) is 0 Å². The molecular formula is C16H28N2. The van der Waals surface area contributed by atoms with Gasteiger partial charge in [0.05, 0.1) is 0 Å². The van der Waals surface area contributed by atoms with Crippen molar-refractivity contribution < 1.29 is 0 Å². The molecule has 0 aliphatic rings. The minimum absolute atomic E-state index is 0.432. The van der Waals surface area contributed by atoms with Crippen LogP contribution in [0.5, 0.6) is 0 Å². The molecule has 1 rings (SSSR count). The van der Waals surface area contributed by atoms with Gasteiger partial charge in [-0.1, -0.05) is 40.7 Å². The van der Waals surface area contributed by atoms with E-state index in [9.17, 15) is 0 Å². The maximum atomic E-state index is 6.31. The number of nitrogen functional groups attached to an aromatic ring is 2. The van der Waals surface area contributed by atoms with Crippen molar-refractivity contribution in [2.75, 3.05) is 11.5 Å². The van der Waals surface area contributed by atoms with E-state index in [1.807, 2.05) is 0 Å². The molecule has 0 aliphatic carbocycles. The van der Waals surface area contributed by atoms with Crippen LogP contribution in [0.25, 0.3) is 0 Å². The van der Waals surface area contributed by atoms with Crippen molar-refractivity contribution >= 4 is 11.4 Å². The minimum atomic E-state index is 0.432. The summed E-state index contributed by atoms with van der Waals surface area (Å²) >= 11 is 0. The number of benzene rings is 1. The first kappa shape index (κ1) is 14.9. The zero-order valence-electron chi connectivity index (χ0n) is 12.5. The molecule has 0 saturated carbocycles. The number of hydrogen-bond donors (Lipinski definition) is 2. The van der Waals surface area contributed by atoms with Gasteiger partial charge in [-0.25, -0.2) is 0 Å². The van der Waals surface area contributed by atoms with Crippen LogP contribution in [0.15, 0.2) is 6.07 Å². The molecule has 0 heterocycles. The molecule has 0 aliphatic heterocycles. The van der Waals surface area contributed by atoms with Gasteiger partial charge in [0.15, 0.2) is 0 Å². The summed E-state index contributed by atoms with van der Waals surface area (Å²) in [6.45, 7) is 11.0. The molecule has 4 N–H and O–H groups in total. The Morgan fingerprint density at radius 2 is 1.39 bits per heavy atom. The van der Waals surface area contributed by atoms with Crippen LogP contribution in [-0.2, 0) is 12.8 Å². The lowest BCUT2D eigenvalue weighted by Crippen LogP contribution is -2.11. The Bertz CT molecular complexity index is 380. The van der Waals surface area contributed by atoms with E-state index in [2.05, 4.69) is 40.7 Å². The molecule has 102 valence electrons. The van der Waals surface area contributed by atoms with E-state index < -0.39 is 0 Å².